The van der Waals surface area contributed by atoms with Crippen molar-refractivity contribution in [1.82, 2.24) is 15.2 Å². The summed E-state index contributed by atoms with van der Waals surface area (Å²) in [4.78, 5) is 19.0. The Morgan fingerprint density at radius 3 is 2.64 bits per heavy atom. The van der Waals surface area contributed by atoms with E-state index in [1.807, 2.05) is 18.2 Å². The molecule has 4 nitrogen and oxygen atoms in total. The molecule has 0 bridgehead atoms. The van der Waals surface area contributed by atoms with Crippen molar-refractivity contribution in [1.29, 1.82) is 0 Å². The normalized spacial score (nSPS) is 18.5. The second-order valence-electron chi connectivity index (χ2n) is 6.31. The number of halogens is 1. The quantitative estimate of drug-likeness (QED) is 0.875. The fraction of sp³-hybridized carbons (Fsp3) is 0.647. The molecule has 3 rings (SSSR count). The van der Waals surface area contributed by atoms with Gasteiger partial charge in [-0.2, -0.15) is 0 Å². The lowest BCUT2D eigenvalue weighted by Gasteiger charge is -2.25. The third-order valence-electron chi connectivity index (χ3n) is 4.59. The van der Waals surface area contributed by atoms with Crippen LogP contribution in [0.15, 0.2) is 24.4 Å². The molecular weight excluding hydrogens is 298 g/mol. The maximum atomic E-state index is 12.6. The number of pyridine rings is 1. The van der Waals surface area contributed by atoms with Crippen molar-refractivity contribution in [3.05, 3.63) is 30.1 Å². The van der Waals surface area contributed by atoms with Gasteiger partial charge in [0.15, 0.2) is 0 Å². The van der Waals surface area contributed by atoms with Crippen molar-refractivity contribution in [2.24, 2.45) is 5.92 Å². The number of carbonyl (C=O) groups is 1. The molecule has 0 spiro atoms. The Bertz CT molecular complexity index is 458. The largest absolute Gasteiger partial charge is 0.334 e. The highest BCUT2D eigenvalue weighted by atomic mass is 35.5. The Hall–Kier alpha value is -1.13. The second-order valence-corrected chi connectivity index (χ2v) is 6.31. The smallest absolute Gasteiger partial charge is 0.223 e. The van der Waals surface area contributed by atoms with E-state index in [9.17, 15) is 4.79 Å². The molecule has 5 heteroatoms. The molecule has 122 valence electrons. The van der Waals surface area contributed by atoms with Crippen LogP contribution in [0.4, 0.5) is 0 Å². The lowest BCUT2D eigenvalue weighted by molar-refractivity contribution is -0.132. The summed E-state index contributed by atoms with van der Waals surface area (Å²) in [5, 5.41) is 3.38. The van der Waals surface area contributed by atoms with Crippen molar-refractivity contribution in [2.75, 3.05) is 13.1 Å². The minimum Gasteiger partial charge on any atom is -0.334 e. The predicted octanol–water partition coefficient (Wildman–Crippen LogP) is 2.77. The monoisotopic (exact) mass is 323 g/mol. The highest BCUT2D eigenvalue weighted by molar-refractivity contribution is 5.85. The van der Waals surface area contributed by atoms with Crippen LogP contribution in [0, 0.1) is 5.92 Å². The third kappa shape index (κ3) is 4.96. The SMILES string of the molecule is Cl.O=C(CCC1CCNCC1)N(Cc1ccccn1)C1CC1. The van der Waals surface area contributed by atoms with Crippen molar-refractivity contribution in [3.8, 4) is 0 Å². The first-order chi connectivity index (χ1) is 10.3. The van der Waals surface area contributed by atoms with E-state index in [1.165, 1.54) is 12.8 Å². The summed E-state index contributed by atoms with van der Waals surface area (Å²) in [6.07, 6.45) is 8.31. The van der Waals surface area contributed by atoms with Crippen molar-refractivity contribution in [3.63, 3.8) is 0 Å². The second kappa shape index (κ2) is 8.49. The molecule has 0 unspecified atom stereocenters. The maximum Gasteiger partial charge on any atom is 0.223 e. The zero-order chi connectivity index (χ0) is 14.5. The average molecular weight is 324 g/mol. The van der Waals surface area contributed by atoms with Crippen LogP contribution in [-0.2, 0) is 11.3 Å². The van der Waals surface area contributed by atoms with Crippen LogP contribution in [0.5, 0.6) is 0 Å². The fourth-order valence-corrected chi connectivity index (χ4v) is 3.11. The van der Waals surface area contributed by atoms with E-state index in [2.05, 4.69) is 15.2 Å². The number of amides is 1. The Morgan fingerprint density at radius 2 is 2.00 bits per heavy atom. The molecule has 2 fully saturated rings. The minimum atomic E-state index is 0. The number of hydrogen-bond donors (Lipinski definition) is 1. The van der Waals surface area contributed by atoms with Gasteiger partial charge in [0.25, 0.3) is 0 Å². The van der Waals surface area contributed by atoms with E-state index < -0.39 is 0 Å². The maximum absolute atomic E-state index is 12.6. The number of piperidine rings is 1. The highest BCUT2D eigenvalue weighted by Crippen LogP contribution is 2.29. The van der Waals surface area contributed by atoms with Gasteiger partial charge in [0.05, 0.1) is 12.2 Å². The number of nitrogens with one attached hydrogen (secondary N) is 1. The summed E-state index contributed by atoms with van der Waals surface area (Å²) >= 11 is 0. The summed E-state index contributed by atoms with van der Waals surface area (Å²) in [5.74, 6) is 1.05. The van der Waals surface area contributed by atoms with Crippen LogP contribution in [0.25, 0.3) is 0 Å². The lowest BCUT2D eigenvalue weighted by Crippen LogP contribution is -2.34. The van der Waals surface area contributed by atoms with Crippen LogP contribution >= 0.6 is 12.4 Å². The Kier molecular flexibility index (Phi) is 6.65. The standard InChI is InChI=1S/C17H25N3O.ClH/c21-17(7-4-14-8-11-18-12-9-14)20(16-5-6-16)13-15-3-1-2-10-19-15;/h1-3,10,14,16,18H,4-9,11-13H2;1H. The van der Waals surface area contributed by atoms with Crippen LogP contribution in [-0.4, -0.2) is 34.9 Å². The van der Waals surface area contributed by atoms with E-state index in [1.54, 1.807) is 6.20 Å². The van der Waals surface area contributed by atoms with Crippen molar-refractivity contribution in [2.45, 2.75) is 51.1 Å². The van der Waals surface area contributed by atoms with Gasteiger partial charge >= 0.3 is 0 Å². The fourth-order valence-electron chi connectivity index (χ4n) is 3.11. The van der Waals surface area contributed by atoms with Crippen LogP contribution < -0.4 is 5.32 Å². The van der Waals surface area contributed by atoms with Crippen LogP contribution in [0.1, 0.15) is 44.2 Å². The first-order valence-electron chi connectivity index (χ1n) is 8.23. The molecular formula is C17H26ClN3O. The topological polar surface area (TPSA) is 45.2 Å². The molecule has 2 aliphatic rings. The van der Waals surface area contributed by atoms with E-state index in [0.29, 0.717) is 24.9 Å². The Labute approximate surface area is 139 Å². The van der Waals surface area contributed by atoms with E-state index in [4.69, 9.17) is 0 Å². The van der Waals surface area contributed by atoms with Crippen molar-refractivity contribution >= 4 is 18.3 Å². The number of rotatable bonds is 6. The molecule has 1 saturated heterocycles. The van der Waals surface area contributed by atoms with Crippen LogP contribution in [0.2, 0.25) is 0 Å². The van der Waals surface area contributed by atoms with Gasteiger partial charge in [-0.25, -0.2) is 0 Å². The molecule has 1 saturated carbocycles. The molecule has 0 atom stereocenters. The van der Waals surface area contributed by atoms with Gasteiger partial charge in [0.2, 0.25) is 5.91 Å². The van der Waals surface area contributed by atoms with E-state index >= 15 is 0 Å². The lowest BCUT2D eigenvalue weighted by atomic mass is 9.93. The van der Waals surface area contributed by atoms with Gasteiger partial charge in [0.1, 0.15) is 0 Å². The summed E-state index contributed by atoms with van der Waals surface area (Å²) in [5.41, 5.74) is 1.000. The number of hydrogen-bond acceptors (Lipinski definition) is 3. The summed E-state index contributed by atoms with van der Waals surface area (Å²) in [6.45, 7) is 2.90. The molecule has 1 N–H and O–H groups in total. The highest BCUT2D eigenvalue weighted by Gasteiger charge is 2.32. The molecule has 0 aromatic carbocycles. The summed E-state index contributed by atoms with van der Waals surface area (Å²) < 4.78 is 0. The van der Waals surface area contributed by atoms with E-state index in [0.717, 1.165) is 44.0 Å². The molecule has 22 heavy (non-hydrogen) atoms. The molecule has 1 aliphatic carbocycles. The van der Waals surface area contributed by atoms with Gasteiger partial charge in [-0.15, -0.1) is 12.4 Å². The Balaban J connectivity index is 0.00000176. The predicted molar refractivity (Wildman–Crippen MR) is 89.9 cm³/mol. The number of nitrogens with zero attached hydrogens (tertiary/aromatic N) is 2. The van der Waals surface area contributed by atoms with Gasteiger partial charge in [-0.1, -0.05) is 6.07 Å². The van der Waals surface area contributed by atoms with Gasteiger partial charge < -0.3 is 10.2 Å². The van der Waals surface area contributed by atoms with Crippen molar-refractivity contribution < 1.29 is 4.79 Å². The molecule has 2 heterocycles. The molecule has 1 aliphatic heterocycles. The first-order valence-corrected chi connectivity index (χ1v) is 8.23. The molecule has 0 radical (unpaired) electrons. The average Bonchev–Trinajstić information content (AvgIpc) is 3.37. The summed E-state index contributed by atoms with van der Waals surface area (Å²) in [7, 11) is 0. The molecule has 1 amide bonds. The van der Waals surface area contributed by atoms with Gasteiger partial charge in [-0.3, -0.25) is 9.78 Å². The summed E-state index contributed by atoms with van der Waals surface area (Å²) in [6, 6.07) is 6.39. The zero-order valence-corrected chi connectivity index (χ0v) is 13.9. The molecule has 1 aromatic heterocycles. The third-order valence-corrected chi connectivity index (χ3v) is 4.59. The number of aromatic nitrogens is 1. The molecule has 1 aromatic rings. The minimum absolute atomic E-state index is 0. The van der Waals surface area contributed by atoms with Crippen LogP contribution in [0.3, 0.4) is 0 Å². The van der Waals surface area contributed by atoms with E-state index in [-0.39, 0.29) is 12.4 Å². The zero-order valence-electron chi connectivity index (χ0n) is 13.0. The number of carbonyl (C=O) groups excluding carboxylic acids is 1. The Morgan fingerprint density at radius 1 is 1.23 bits per heavy atom. The van der Waals surface area contributed by atoms with Gasteiger partial charge in [-0.05, 0) is 63.2 Å². The van der Waals surface area contributed by atoms with Gasteiger partial charge in [0, 0.05) is 18.7 Å². The first kappa shape index (κ1) is 17.2.